The molecule has 1 amide bonds. The first kappa shape index (κ1) is 32.4. The summed E-state index contributed by atoms with van der Waals surface area (Å²) >= 11 is 6.12. The summed E-state index contributed by atoms with van der Waals surface area (Å²) in [7, 11) is -4.18. The van der Waals surface area contributed by atoms with Crippen LogP contribution in [0.3, 0.4) is 0 Å². The van der Waals surface area contributed by atoms with E-state index in [1.807, 2.05) is 39.8 Å². The Hall–Kier alpha value is -4.56. The van der Waals surface area contributed by atoms with Crippen molar-refractivity contribution in [1.82, 2.24) is 29.5 Å². The second-order valence-electron chi connectivity index (χ2n) is 12.3. The van der Waals surface area contributed by atoms with E-state index in [0.717, 1.165) is 35.6 Å². The van der Waals surface area contributed by atoms with Gasteiger partial charge < -0.3 is 15.0 Å². The highest BCUT2D eigenvalue weighted by Gasteiger charge is 2.28. The van der Waals surface area contributed by atoms with Gasteiger partial charge in [-0.25, -0.2) is 37.1 Å². The number of nitrogens with one attached hydrogen (secondary N) is 2. The predicted molar refractivity (Wildman–Crippen MR) is 178 cm³/mol. The summed E-state index contributed by atoms with van der Waals surface area (Å²) in [6.07, 6.45) is 4.81. The number of piperidine rings is 1. The largest absolute Gasteiger partial charge is 0.444 e. The number of amides is 1. The van der Waals surface area contributed by atoms with E-state index >= 15 is 4.39 Å². The van der Waals surface area contributed by atoms with Gasteiger partial charge in [-0.3, -0.25) is 4.72 Å². The molecule has 1 aliphatic rings. The maximum absolute atomic E-state index is 15.5. The van der Waals surface area contributed by atoms with Gasteiger partial charge in [-0.2, -0.15) is 5.10 Å². The number of nitrogens with zero attached hydrogens (tertiary/aromatic N) is 6. The molecule has 1 saturated heterocycles. The molecule has 0 radical (unpaired) electrons. The molecule has 15 heteroatoms. The predicted octanol–water partition coefficient (Wildman–Crippen LogP) is 6.31. The van der Waals surface area contributed by atoms with Crippen molar-refractivity contribution in [3.63, 3.8) is 0 Å². The van der Waals surface area contributed by atoms with Crippen LogP contribution < -0.4 is 10.0 Å². The van der Waals surface area contributed by atoms with Crippen molar-refractivity contribution in [1.29, 1.82) is 0 Å². The van der Waals surface area contributed by atoms with Crippen molar-refractivity contribution in [2.75, 3.05) is 23.1 Å². The molecule has 1 atom stereocenters. The number of hydrogen-bond acceptors (Lipinski definition) is 9. The lowest BCUT2D eigenvalue weighted by Gasteiger charge is -2.34. The van der Waals surface area contributed by atoms with Crippen LogP contribution in [0.15, 0.2) is 59.9 Å². The van der Waals surface area contributed by atoms with Gasteiger partial charge in [0.1, 0.15) is 22.3 Å². The molecule has 47 heavy (non-hydrogen) atoms. The fourth-order valence-corrected chi connectivity index (χ4v) is 7.14. The Morgan fingerprint density at radius 3 is 2.70 bits per heavy atom. The van der Waals surface area contributed by atoms with Gasteiger partial charge in [0, 0.05) is 42.3 Å². The zero-order valence-electron chi connectivity index (χ0n) is 26.3. The van der Waals surface area contributed by atoms with Gasteiger partial charge in [0.25, 0.3) is 10.0 Å². The zero-order valence-corrected chi connectivity index (χ0v) is 27.9. The molecule has 4 heterocycles. The molecule has 1 aliphatic heterocycles. The molecule has 246 valence electrons. The standard InChI is InChI=1S/C32H34ClFN8O4S/c1-5-19-13-20(14-21-16-35-30(39-27(19)21)38-22-9-8-12-41(17-22)31(43)46-32(2,3)4)25-15-24(34)28-29(36-18-37-42(25)28)40-47(44,45)26-11-7-6-10-23(26)33/h6-7,10-11,13-16,18,22H,5,8-9,12,17H2,1-4H3,(H,35,38,39)(H,36,37,40)/t22-/m0/s1. The van der Waals surface area contributed by atoms with Crippen LogP contribution in [0.1, 0.15) is 46.1 Å². The summed E-state index contributed by atoms with van der Waals surface area (Å²) in [5.74, 6) is -0.496. The van der Waals surface area contributed by atoms with Crippen LogP contribution in [0.4, 0.5) is 21.0 Å². The van der Waals surface area contributed by atoms with Crippen LogP contribution in [0.25, 0.3) is 27.7 Å². The molecule has 1 fully saturated rings. The Balaban J connectivity index is 1.29. The summed E-state index contributed by atoms with van der Waals surface area (Å²) in [5, 5.41) is 8.37. The number of aromatic nitrogens is 5. The first-order chi connectivity index (χ1) is 22.3. The van der Waals surface area contributed by atoms with E-state index in [4.69, 9.17) is 21.3 Å². The van der Waals surface area contributed by atoms with Gasteiger partial charge in [0.15, 0.2) is 11.6 Å². The minimum absolute atomic E-state index is 0.0203. The molecular weight excluding hydrogens is 647 g/mol. The number of carbonyl (C=O) groups is 1. The van der Waals surface area contributed by atoms with Crippen molar-refractivity contribution >= 4 is 55.9 Å². The molecule has 2 N–H and O–H groups in total. The summed E-state index contributed by atoms with van der Waals surface area (Å²) in [6.45, 7) is 8.63. The molecular formula is C32H34ClFN8O4S. The van der Waals surface area contributed by atoms with E-state index in [1.54, 1.807) is 17.2 Å². The van der Waals surface area contributed by atoms with Crippen LogP contribution >= 0.6 is 11.6 Å². The summed E-state index contributed by atoms with van der Waals surface area (Å²) < 4.78 is 50.9. The van der Waals surface area contributed by atoms with Gasteiger partial charge in [-0.1, -0.05) is 30.7 Å². The number of fused-ring (bicyclic) bond motifs is 2. The van der Waals surface area contributed by atoms with Crippen LogP contribution in [-0.2, 0) is 21.2 Å². The summed E-state index contributed by atoms with van der Waals surface area (Å²) in [6, 6.07) is 10.9. The van der Waals surface area contributed by atoms with E-state index in [2.05, 4.69) is 25.1 Å². The third kappa shape index (κ3) is 6.79. The zero-order chi connectivity index (χ0) is 33.5. The number of carbonyl (C=O) groups excluding carboxylic acids is 1. The van der Waals surface area contributed by atoms with Crippen LogP contribution in [0, 0.1) is 5.82 Å². The van der Waals surface area contributed by atoms with Crippen molar-refractivity contribution in [2.45, 2.75) is 63.5 Å². The average molecular weight is 681 g/mol. The minimum atomic E-state index is -4.18. The van der Waals surface area contributed by atoms with Crippen molar-refractivity contribution in [3.8, 4) is 11.3 Å². The number of rotatable bonds is 7. The fourth-order valence-electron chi connectivity index (χ4n) is 5.60. The number of hydrogen-bond donors (Lipinski definition) is 2. The monoisotopic (exact) mass is 680 g/mol. The molecule has 0 spiro atoms. The lowest BCUT2D eigenvalue weighted by atomic mass is 10.0. The highest BCUT2D eigenvalue weighted by atomic mass is 35.5. The summed E-state index contributed by atoms with van der Waals surface area (Å²) in [5.41, 5.74) is 1.94. The van der Waals surface area contributed by atoms with E-state index in [-0.39, 0.29) is 33.4 Å². The van der Waals surface area contributed by atoms with Gasteiger partial charge in [0.2, 0.25) is 5.95 Å². The van der Waals surface area contributed by atoms with E-state index in [0.29, 0.717) is 36.7 Å². The van der Waals surface area contributed by atoms with Crippen molar-refractivity contribution in [2.24, 2.45) is 0 Å². The van der Waals surface area contributed by atoms with Crippen LogP contribution in [0.5, 0.6) is 0 Å². The smallest absolute Gasteiger partial charge is 0.410 e. The number of halogens is 2. The molecule has 6 rings (SSSR count). The molecule has 0 aliphatic carbocycles. The second kappa shape index (κ2) is 12.6. The number of ether oxygens (including phenoxy) is 1. The fraction of sp³-hybridized carbons (Fsp3) is 0.344. The first-order valence-corrected chi connectivity index (χ1v) is 17.0. The second-order valence-corrected chi connectivity index (χ2v) is 14.4. The van der Waals surface area contributed by atoms with Crippen LogP contribution in [-0.4, -0.2) is 68.7 Å². The number of anilines is 2. The minimum Gasteiger partial charge on any atom is -0.444 e. The SMILES string of the molecule is CCc1cc(-c2cc(F)c3c(NS(=O)(=O)c4ccccc4Cl)ncnn23)cc2cnc(N[C@H]3CCCN(C(=O)OC(C)(C)C)C3)nc12. The normalized spacial score (nSPS) is 15.6. The first-order valence-electron chi connectivity index (χ1n) is 15.2. The molecule has 0 unspecified atom stereocenters. The van der Waals surface area contributed by atoms with Gasteiger partial charge in [-0.05, 0) is 69.9 Å². The third-order valence-electron chi connectivity index (χ3n) is 7.71. The Labute approximate surface area is 276 Å². The maximum Gasteiger partial charge on any atom is 0.410 e. The Bertz CT molecular complexity index is 2100. The van der Waals surface area contributed by atoms with E-state index < -0.39 is 21.4 Å². The van der Waals surface area contributed by atoms with Gasteiger partial charge >= 0.3 is 6.09 Å². The van der Waals surface area contributed by atoms with E-state index in [1.165, 1.54) is 28.8 Å². The number of benzene rings is 2. The molecule has 2 aromatic carbocycles. The molecule has 0 bridgehead atoms. The molecule has 3 aromatic heterocycles. The average Bonchev–Trinajstić information content (AvgIpc) is 3.37. The van der Waals surface area contributed by atoms with Gasteiger partial charge in [0.05, 0.1) is 16.2 Å². The maximum atomic E-state index is 15.5. The Morgan fingerprint density at radius 1 is 1.17 bits per heavy atom. The lowest BCUT2D eigenvalue weighted by Crippen LogP contribution is -2.47. The topological polar surface area (TPSA) is 144 Å². The summed E-state index contributed by atoms with van der Waals surface area (Å²) in [4.78, 5) is 27.6. The van der Waals surface area contributed by atoms with E-state index in [9.17, 15) is 13.2 Å². The van der Waals surface area contributed by atoms with Crippen molar-refractivity contribution < 1.29 is 22.3 Å². The Kier molecular flexibility index (Phi) is 8.66. The third-order valence-corrected chi connectivity index (χ3v) is 9.55. The molecule has 5 aromatic rings. The number of aryl methyl sites for hydroxylation is 1. The molecule has 0 saturated carbocycles. The van der Waals surface area contributed by atoms with Gasteiger partial charge in [-0.15, -0.1) is 0 Å². The number of sulfonamides is 1. The Morgan fingerprint density at radius 2 is 1.96 bits per heavy atom. The lowest BCUT2D eigenvalue weighted by molar-refractivity contribution is 0.0206. The molecule has 12 nitrogen and oxygen atoms in total. The highest BCUT2D eigenvalue weighted by Crippen LogP contribution is 2.33. The number of likely N-dealkylation sites (tertiary alicyclic amines) is 1. The van der Waals surface area contributed by atoms with Crippen LogP contribution in [0.2, 0.25) is 5.02 Å². The highest BCUT2D eigenvalue weighted by molar-refractivity contribution is 7.92. The van der Waals surface area contributed by atoms with Crippen molar-refractivity contribution in [3.05, 3.63) is 71.4 Å². The quantitative estimate of drug-likeness (QED) is 0.202.